The van der Waals surface area contributed by atoms with Crippen LogP contribution < -0.4 is 10.9 Å². The molecule has 1 heterocycles. The number of amides is 1. The topological polar surface area (TPSA) is 71.2 Å². The molecule has 1 rings (SSSR count). The Labute approximate surface area is 93.8 Å². The first kappa shape index (κ1) is 12.3. The predicted molar refractivity (Wildman–Crippen MR) is 61.7 cm³/mol. The molecule has 5 heteroatoms. The highest BCUT2D eigenvalue weighted by atomic mass is 16.6. The summed E-state index contributed by atoms with van der Waals surface area (Å²) in [6.45, 7) is 7.03. The molecule has 0 saturated carbocycles. The lowest BCUT2D eigenvalue weighted by Crippen LogP contribution is -2.29. The molecule has 0 unspecified atom stereocenters. The molecule has 5 nitrogen and oxygen atoms in total. The van der Waals surface area contributed by atoms with Crippen molar-refractivity contribution in [3.8, 4) is 0 Å². The van der Waals surface area contributed by atoms with Gasteiger partial charge in [-0.25, -0.2) is 4.79 Å². The van der Waals surface area contributed by atoms with Crippen molar-refractivity contribution in [2.45, 2.75) is 33.3 Å². The molecule has 88 valence electrons. The lowest BCUT2D eigenvalue weighted by molar-refractivity contribution is 0.0635. The summed E-state index contributed by atoms with van der Waals surface area (Å²) in [4.78, 5) is 25.4. The fourth-order valence-corrected chi connectivity index (χ4v) is 1.08. The maximum absolute atomic E-state index is 11.4. The van der Waals surface area contributed by atoms with Gasteiger partial charge in [0.05, 0.1) is 0 Å². The molecule has 0 aromatic carbocycles. The molecule has 0 aliphatic rings. The fourth-order valence-electron chi connectivity index (χ4n) is 1.08. The van der Waals surface area contributed by atoms with Gasteiger partial charge in [-0.1, -0.05) is 0 Å². The lowest BCUT2D eigenvalue weighted by atomic mass is 10.2. The second kappa shape index (κ2) is 4.38. The number of anilines is 1. The Bertz CT molecular complexity index is 443. The number of carbonyl (C=O) groups is 1. The van der Waals surface area contributed by atoms with Crippen LogP contribution in [0, 0.1) is 6.92 Å². The third kappa shape index (κ3) is 3.76. The van der Waals surface area contributed by atoms with Gasteiger partial charge in [-0.05, 0) is 39.8 Å². The van der Waals surface area contributed by atoms with Crippen LogP contribution in [0.15, 0.2) is 16.9 Å². The van der Waals surface area contributed by atoms with E-state index in [-0.39, 0.29) is 11.2 Å². The number of ether oxygens (including phenoxy) is 1. The molecule has 1 amide bonds. The van der Waals surface area contributed by atoms with Crippen LogP contribution in [0.4, 0.5) is 10.5 Å². The highest BCUT2D eigenvalue weighted by molar-refractivity contribution is 5.84. The Morgan fingerprint density at radius 2 is 2.00 bits per heavy atom. The van der Waals surface area contributed by atoms with E-state index in [9.17, 15) is 9.59 Å². The minimum atomic E-state index is -0.637. The Kier molecular flexibility index (Phi) is 3.37. The largest absolute Gasteiger partial charge is 0.444 e. The zero-order valence-corrected chi connectivity index (χ0v) is 9.88. The van der Waals surface area contributed by atoms with Crippen LogP contribution in [0.3, 0.4) is 0 Å². The average Bonchev–Trinajstić information content (AvgIpc) is 2.06. The van der Waals surface area contributed by atoms with E-state index in [2.05, 4.69) is 10.3 Å². The van der Waals surface area contributed by atoms with Crippen LogP contribution in [0.2, 0.25) is 0 Å². The summed E-state index contributed by atoms with van der Waals surface area (Å²) in [5.41, 5.74) is -0.00731. The minimum Gasteiger partial charge on any atom is -0.444 e. The van der Waals surface area contributed by atoms with Crippen LogP contribution in [0.25, 0.3) is 0 Å². The maximum atomic E-state index is 11.4. The van der Waals surface area contributed by atoms with Crippen LogP contribution in [-0.2, 0) is 4.74 Å². The third-order valence-corrected chi connectivity index (χ3v) is 1.69. The molecule has 1 aromatic rings. The van der Waals surface area contributed by atoms with E-state index in [0.29, 0.717) is 0 Å². The van der Waals surface area contributed by atoms with Crippen molar-refractivity contribution in [3.63, 3.8) is 0 Å². The van der Waals surface area contributed by atoms with Crippen molar-refractivity contribution in [3.05, 3.63) is 28.2 Å². The molecule has 0 aliphatic carbocycles. The number of aromatic amines is 1. The van der Waals surface area contributed by atoms with Gasteiger partial charge in [0.1, 0.15) is 11.3 Å². The quantitative estimate of drug-likeness (QED) is 0.766. The van der Waals surface area contributed by atoms with Gasteiger partial charge in [0.15, 0.2) is 0 Å². The van der Waals surface area contributed by atoms with E-state index in [1.165, 1.54) is 6.07 Å². The highest BCUT2D eigenvalue weighted by Crippen LogP contribution is 2.08. The zero-order valence-electron chi connectivity index (χ0n) is 9.88. The molecule has 0 aliphatic heterocycles. The van der Waals surface area contributed by atoms with E-state index in [0.717, 1.165) is 5.69 Å². The molecule has 1 aromatic heterocycles. The van der Waals surface area contributed by atoms with Gasteiger partial charge < -0.3 is 9.72 Å². The van der Waals surface area contributed by atoms with Gasteiger partial charge in [0.2, 0.25) is 0 Å². The number of carbonyl (C=O) groups excluding carboxylic acids is 1. The van der Waals surface area contributed by atoms with Gasteiger partial charge >= 0.3 is 6.09 Å². The van der Waals surface area contributed by atoms with Crippen molar-refractivity contribution >= 4 is 11.8 Å². The van der Waals surface area contributed by atoms with Crippen LogP contribution >= 0.6 is 0 Å². The Hall–Kier alpha value is -1.78. The van der Waals surface area contributed by atoms with Crippen molar-refractivity contribution in [1.29, 1.82) is 0 Å². The standard InChI is InChI=1S/C11H16N2O3/c1-7-5-6-8(9(14)12-7)13-10(15)16-11(2,3)4/h5-6H,1-4H3,(H,12,14)(H,13,15). The number of hydrogen-bond donors (Lipinski definition) is 2. The van der Waals surface area contributed by atoms with Crippen molar-refractivity contribution in [2.24, 2.45) is 0 Å². The number of rotatable bonds is 1. The number of pyridine rings is 1. The van der Waals surface area contributed by atoms with E-state index < -0.39 is 11.7 Å². The number of hydrogen-bond acceptors (Lipinski definition) is 3. The van der Waals surface area contributed by atoms with Crippen LogP contribution in [0.5, 0.6) is 0 Å². The average molecular weight is 224 g/mol. The molecule has 0 radical (unpaired) electrons. The molecular weight excluding hydrogens is 208 g/mol. The SMILES string of the molecule is Cc1ccc(NC(=O)OC(C)(C)C)c(=O)[nH]1. The van der Waals surface area contributed by atoms with E-state index in [1.54, 1.807) is 33.8 Å². The Balaban J connectivity index is 2.74. The summed E-state index contributed by atoms with van der Waals surface area (Å²) in [6.07, 6.45) is -0.637. The molecule has 0 atom stereocenters. The number of aryl methyl sites for hydroxylation is 1. The zero-order chi connectivity index (χ0) is 12.3. The number of H-pyrrole nitrogens is 1. The van der Waals surface area contributed by atoms with Crippen molar-refractivity contribution in [2.75, 3.05) is 5.32 Å². The monoisotopic (exact) mass is 224 g/mol. The van der Waals surface area contributed by atoms with Gasteiger partial charge in [0, 0.05) is 5.69 Å². The molecule has 2 N–H and O–H groups in total. The van der Waals surface area contributed by atoms with Gasteiger partial charge in [-0.15, -0.1) is 0 Å². The fraction of sp³-hybridized carbons (Fsp3) is 0.455. The molecule has 0 bridgehead atoms. The number of aromatic nitrogens is 1. The Morgan fingerprint density at radius 3 is 2.50 bits per heavy atom. The molecule has 0 spiro atoms. The normalized spacial score (nSPS) is 11.0. The lowest BCUT2D eigenvalue weighted by Gasteiger charge is -2.19. The molecule has 0 fully saturated rings. The second-order valence-corrected chi connectivity index (χ2v) is 4.51. The number of nitrogens with one attached hydrogen (secondary N) is 2. The highest BCUT2D eigenvalue weighted by Gasteiger charge is 2.16. The minimum absolute atomic E-state index is 0.180. The van der Waals surface area contributed by atoms with Crippen LogP contribution in [0.1, 0.15) is 26.5 Å². The summed E-state index contributed by atoms with van der Waals surface area (Å²) in [5.74, 6) is 0. The summed E-state index contributed by atoms with van der Waals surface area (Å²) >= 11 is 0. The first-order valence-corrected chi connectivity index (χ1v) is 4.98. The molecule has 0 saturated heterocycles. The summed E-state index contributed by atoms with van der Waals surface area (Å²) < 4.78 is 5.02. The van der Waals surface area contributed by atoms with Gasteiger partial charge in [-0.3, -0.25) is 10.1 Å². The van der Waals surface area contributed by atoms with Crippen LogP contribution in [-0.4, -0.2) is 16.7 Å². The smallest absolute Gasteiger partial charge is 0.412 e. The third-order valence-electron chi connectivity index (χ3n) is 1.69. The van der Waals surface area contributed by atoms with E-state index in [4.69, 9.17) is 4.74 Å². The summed E-state index contributed by atoms with van der Waals surface area (Å²) in [7, 11) is 0. The van der Waals surface area contributed by atoms with Gasteiger partial charge in [-0.2, -0.15) is 0 Å². The molecular formula is C11H16N2O3. The van der Waals surface area contributed by atoms with Crippen molar-refractivity contribution < 1.29 is 9.53 Å². The first-order valence-electron chi connectivity index (χ1n) is 4.98. The predicted octanol–water partition coefficient (Wildman–Crippen LogP) is 2.03. The van der Waals surface area contributed by atoms with E-state index in [1.807, 2.05) is 0 Å². The van der Waals surface area contributed by atoms with E-state index >= 15 is 0 Å². The summed E-state index contributed by atoms with van der Waals surface area (Å²) in [5, 5.41) is 2.39. The first-order chi connectivity index (χ1) is 7.28. The van der Waals surface area contributed by atoms with Gasteiger partial charge in [0.25, 0.3) is 5.56 Å². The van der Waals surface area contributed by atoms with Crippen molar-refractivity contribution in [1.82, 2.24) is 4.98 Å². The summed E-state index contributed by atoms with van der Waals surface area (Å²) in [6, 6.07) is 3.24. The second-order valence-electron chi connectivity index (χ2n) is 4.51. The maximum Gasteiger partial charge on any atom is 0.412 e. The Morgan fingerprint density at radius 1 is 1.38 bits per heavy atom. The molecule has 16 heavy (non-hydrogen) atoms.